The molecule has 2 aliphatic carbocycles. The van der Waals surface area contributed by atoms with Crippen molar-refractivity contribution in [1.29, 1.82) is 0 Å². The first-order valence-corrected chi connectivity index (χ1v) is 7.46. The van der Waals surface area contributed by atoms with Gasteiger partial charge in [-0.3, -0.25) is 4.79 Å². The van der Waals surface area contributed by atoms with Crippen molar-refractivity contribution in [3.8, 4) is 0 Å². The Labute approximate surface area is 110 Å². The summed E-state index contributed by atoms with van der Waals surface area (Å²) in [4.78, 5) is 11.7. The topological polar surface area (TPSA) is 68.0 Å². The van der Waals surface area contributed by atoms with Gasteiger partial charge >= 0.3 is 0 Å². The van der Waals surface area contributed by atoms with Crippen molar-refractivity contribution in [3.05, 3.63) is 5.89 Å². The summed E-state index contributed by atoms with van der Waals surface area (Å²) < 4.78 is 5.48. The lowest BCUT2D eigenvalue weighted by molar-refractivity contribution is -0.119. The molecule has 6 heteroatoms. The molecule has 0 bridgehead atoms. The van der Waals surface area contributed by atoms with Crippen LogP contribution >= 0.6 is 11.8 Å². The molecule has 98 valence electrons. The van der Waals surface area contributed by atoms with E-state index in [1.807, 2.05) is 0 Å². The lowest BCUT2D eigenvalue weighted by Gasteiger charge is -2.11. The third-order valence-electron chi connectivity index (χ3n) is 3.39. The van der Waals surface area contributed by atoms with E-state index in [0.29, 0.717) is 28.9 Å². The number of aromatic nitrogens is 2. The Bertz CT molecular complexity index is 440. The molecule has 18 heavy (non-hydrogen) atoms. The van der Waals surface area contributed by atoms with Crippen molar-refractivity contribution >= 4 is 17.7 Å². The number of amides is 1. The van der Waals surface area contributed by atoms with Crippen LogP contribution in [-0.2, 0) is 4.79 Å². The number of rotatable bonds is 6. The summed E-state index contributed by atoms with van der Waals surface area (Å²) in [6, 6.07) is 0.294. The maximum Gasteiger partial charge on any atom is 0.277 e. The highest BCUT2D eigenvalue weighted by atomic mass is 32.2. The van der Waals surface area contributed by atoms with Crippen LogP contribution in [0.5, 0.6) is 0 Å². The van der Waals surface area contributed by atoms with Gasteiger partial charge in [0.15, 0.2) is 0 Å². The maximum absolute atomic E-state index is 11.7. The molecule has 0 aliphatic heterocycles. The number of nitrogens with one attached hydrogen (secondary N) is 1. The third kappa shape index (κ3) is 3.04. The third-order valence-corrected chi connectivity index (χ3v) is 4.21. The average molecular weight is 267 g/mol. The molecule has 0 aromatic carbocycles. The average Bonchev–Trinajstić information content (AvgIpc) is 3.24. The van der Waals surface area contributed by atoms with Gasteiger partial charge in [0.2, 0.25) is 11.8 Å². The molecule has 0 saturated heterocycles. The number of nitrogens with zero attached hydrogens (tertiary/aromatic N) is 2. The lowest BCUT2D eigenvalue weighted by Crippen LogP contribution is -2.35. The van der Waals surface area contributed by atoms with Crippen molar-refractivity contribution in [2.45, 2.75) is 49.8 Å². The second kappa shape index (κ2) is 4.91. The van der Waals surface area contributed by atoms with Crippen LogP contribution in [0.2, 0.25) is 0 Å². The van der Waals surface area contributed by atoms with E-state index in [0.717, 1.165) is 18.7 Å². The molecule has 1 N–H and O–H groups in total. The summed E-state index contributed by atoms with van der Waals surface area (Å²) in [5.74, 6) is 2.28. The minimum Gasteiger partial charge on any atom is -0.416 e. The van der Waals surface area contributed by atoms with Gasteiger partial charge in [0.1, 0.15) is 0 Å². The van der Waals surface area contributed by atoms with Gasteiger partial charge in [-0.1, -0.05) is 11.8 Å². The Hall–Kier alpha value is -1.04. The minimum atomic E-state index is 0.0468. The Morgan fingerprint density at radius 1 is 1.44 bits per heavy atom. The number of carbonyl (C=O) groups excluding carboxylic acids is 1. The molecule has 1 amide bonds. The normalized spacial score (nSPS) is 20.7. The molecule has 5 nitrogen and oxygen atoms in total. The van der Waals surface area contributed by atoms with Gasteiger partial charge in [-0.2, -0.15) is 0 Å². The molecule has 3 rings (SSSR count). The molecular weight excluding hydrogens is 250 g/mol. The molecule has 0 spiro atoms. The van der Waals surface area contributed by atoms with Crippen molar-refractivity contribution in [2.75, 3.05) is 5.75 Å². The molecule has 1 atom stereocenters. The molecule has 1 aromatic heterocycles. The Kier molecular flexibility index (Phi) is 3.28. The predicted molar refractivity (Wildman–Crippen MR) is 67.3 cm³/mol. The maximum atomic E-state index is 11.7. The first kappa shape index (κ1) is 12.0. The Morgan fingerprint density at radius 3 is 2.89 bits per heavy atom. The van der Waals surface area contributed by atoms with E-state index >= 15 is 0 Å². The molecule has 0 radical (unpaired) electrons. The van der Waals surface area contributed by atoms with Crippen LogP contribution in [0.4, 0.5) is 0 Å². The van der Waals surface area contributed by atoms with E-state index in [1.54, 1.807) is 0 Å². The van der Waals surface area contributed by atoms with E-state index in [9.17, 15) is 4.79 Å². The zero-order valence-corrected chi connectivity index (χ0v) is 11.2. The predicted octanol–water partition coefficient (Wildman–Crippen LogP) is 1.95. The largest absolute Gasteiger partial charge is 0.416 e. The van der Waals surface area contributed by atoms with E-state index in [4.69, 9.17) is 4.42 Å². The zero-order chi connectivity index (χ0) is 12.5. The van der Waals surface area contributed by atoms with Gasteiger partial charge in [0, 0.05) is 12.0 Å². The number of hydrogen-bond donors (Lipinski definition) is 1. The van der Waals surface area contributed by atoms with Crippen LogP contribution in [0.25, 0.3) is 0 Å². The van der Waals surface area contributed by atoms with Crippen LogP contribution in [0.15, 0.2) is 9.64 Å². The zero-order valence-electron chi connectivity index (χ0n) is 10.4. The number of thioether (sulfide) groups is 1. The number of hydrogen-bond acceptors (Lipinski definition) is 5. The van der Waals surface area contributed by atoms with Crippen LogP contribution in [0.1, 0.15) is 44.4 Å². The fourth-order valence-electron chi connectivity index (χ4n) is 1.91. The molecule has 2 aliphatic rings. The minimum absolute atomic E-state index is 0.0468. The van der Waals surface area contributed by atoms with Crippen LogP contribution in [-0.4, -0.2) is 27.9 Å². The van der Waals surface area contributed by atoms with E-state index in [2.05, 4.69) is 22.4 Å². The van der Waals surface area contributed by atoms with Gasteiger partial charge in [0.05, 0.1) is 5.75 Å². The molecular formula is C12H17N3O2S. The molecule has 2 fully saturated rings. The van der Waals surface area contributed by atoms with Crippen molar-refractivity contribution in [1.82, 2.24) is 15.5 Å². The van der Waals surface area contributed by atoms with Gasteiger partial charge < -0.3 is 9.73 Å². The van der Waals surface area contributed by atoms with Crippen LogP contribution < -0.4 is 5.32 Å². The summed E-state index contributed by atoms with van der Waals surface area (Å²) in [5.41, 5.74) is 0. The van der Waals surface area contributed by atoms with Crippen molar-refractivity contribution < 1.29 is 9.21 Å². The highest BCUT2D eigenvalue weighted by Crippen LogP contribution is 2.39. The standard InChI is InChI=1S/C12H17N3O2S/c1-7(8-2-3-8)13-10(16)6-18-12-15-14-11(17-12)9-4-5-9/h7-9H,2-6H2,1H3,(H,13,16)/t7-/m0/s1. The SMILES string of the molecule is C[C@H](NC(=O)CSc1nnc(C2CC2)o1)C1CC1. The van der Waals surface area contributed by atoms with Crippen molar-refractivity contribution in [2.24, 2.45) is 5.92 Å². The smallest absolute Gasteiger partial charge is 0.277 e. The second-order valence-electron chi connectivity index (χ2n) is 5.16. The van der Waals surface area contributed by atoms with Gasteiger partial charge in [-0.15, -0.1) is 10.2 Å². The fourth-order valence-corrected chi connectivity index (χ4v) is 2.49. The molecule has 1 aromatic rings. The van der Waals surface area contributed by atoms with E-state index in [-0.39, 0.29) is 5.91 Å². The molecule has 2 saturated carbocycles. The number of carbonyl (C=O) groups is 1. The van der Waals surface area contributed by atoms with Crippen LogP contribution in [0, 0.1) is 5.92 Å². The van der Waals surface area contributed by atoms with Crippen molar-refractivity contribution in [3.63, 3.8) is 0 Å². The highest BCUT2D eigenvalue weighted by Gasteiger charge is 2.30. The first-order valence-electron chi connectivity index (χ1n) is 6.48. The first-order chi connectivity index (χ1) is 8.72. The van der Waals surface area contributed by atoms with Gasteiger partial charge in [-0.25, -0.2) is 0 Å². The highest BCUT2D eigenvalue weighted by molar-refractivity contribution is 7.99. The summed E-state index contributed by atoms with van der Waals surface area (Å²) >= 11 is 1.32. The fraction of sp³-hybridized carbons (Fsp3) is 0.750. The molecule has 1 heterocycles. The summed E-state index contributed by atoms with van der Waals surface area (Å²) in [5, 5.41) is 11.4. The molecule has 0 unspecified atom stereocenters. The summed E-state index contributed by atoms with van der Waals surface area (Å²) in [6.45, 7) is 2.07. The van der Waals surface area contributed by atoms with E-state index in [1.165, 1.54) is 24.6 Å². The Balaban J connectivity index is 1.43. The quantitative estimate of drug-likeness (QED) is 0.798. The van der Waals surface area contributed by atoms with Gasteiger partial charge in [0.25, 0.3) is 5.22 Å². The van der Waals surface area contributed by atoms with Crippen LogP contribution in [0.3, 0.4) is 0 Å². The lowest BCUT2D eigenvalue weighted by atomic mass is 10.2. The van der Waals surface area contributed by atoms with E-state index < -0.39 is 0 Å². The monoisotopic (exact) mass is 267 g/mol. The second-order valence-corrected chi connectivity index (χ2v) is 6.09. The Morgan fingerprint density at radius 2 is 2.22 bits per heavy atom. The summed E-state index contributed by atoms with van der Waals surface area (Å²) in [6.07, 6.45) is 4.77. The summed E-state index contributed by atoms with van der Waals surface area (Å²) in [7, 11) is 0. The van der Waals surface area contributed by atoms with Gasteiger partial charge in [-0.05, 0) is 38.5 Å².